The maximum atomic E-state index is 12.1. The van der Waals surface area contributed by atoms with E-state index in [1.54, 1.807) is 0 Å². The van der Waals surface area contributed by atoms with E-state index in [2.05, 4.69) is 53.2 Å². The number of hydrogen-bond acceptors (Lipinski definition) is 4. The molecule has 1 N–H and O–H groups in total. The molecule has 1 unspecified atom stereocenters. The van der Waals surface area contributed by atoms with Gasteiger partial charge in [0, 0.05) is 44.5 Å². The minimum Gasteiger partial charge on any atom is -0.369 e. The van der Waals surface area contributed by atoms with Gasteiger partial charge in [0.1, 0.15) is 0 Å². The molecule has 1 aliphatic rings. The molecule has 1 amide bonds. The summed E-state index contributed by atoms with van der Waals surface area (Å²) in [6.45, 7) is 9.57. The first kappa shape index (κ1) is 18.0. The third-order valence-corrected chi connectivity index (χ3v) is 5.61. The number of thiophene rings is 1. The highest BCUT2D eigenvalue weighted by Crippen LogP contribution is 2.18. The van der Waals surface area contributed by atoms with Crippen LogP contribution in [-0.2, 0) is 0 Å². The van der Waals surface area contributed by atoms with Crippen molar-refractivity contribution in [2.75, 3.05) is 37.6 Å². The van der Waals surface area contributed by atoms with Gasteiger partial charge < -0.3 is 10.2 Å². The summed E-state index contributed by atoms with van der Waals surface area (Å²) >= 11 is 1.49. The van der Waals surface area contributed by atoms with Crippen LogP contribution in [0.4, 0.5) is 5.69 Å². The van der Waals surface area contributed by atoms with Crippen LogP contribution in [0.25, 0.3) is 0 Å². The Labute approximate surface area is 154 Å². The molecule has 5 heteroatoms. The molecule has 0 saturated carbocycles. The lowest BCUT2D eigenvalue weighted by molar-refractivity contribution is 0.0939. The van der Waals surface area contributed by atoms with Crippen molar-refractivity contribution in [2.45, 2.75) is 26.3 Å². The van der Waals surface area contributed by atoms with E-state index in [1.807, 2.05) is 17.5 Å². The first-order valence-electron chi connectivity index (χ1n) is 9.00. The number of carbonyl (C=O) groups is 1. The Morgan fingerprint density at radius 2 is 2.00 bits per heavy atom. The minimum atomic E-state index is 0.0479. The number of benzene rings is 1. The second-order valence-corrected chi connectivity index (χ2v) is 7.76. The average molecular weight is 358 g/mol. The molecule has 2 heterocycles. The highest BCUT2D eigenvalue weighted by molar-refractivity contribution is 7.12. The molecular formula is C20H27N3OS. The second kappa shape index (κ2) is 8.50. The summed E-state index contributed by atoms with van der Waals surface area (Å²) in [5.41, 5.74) is 2.64. The zero-order valence-corrected chi connectivity index (χ0v) is 15.9. The predicted octanol–water partition coefficient (Wildman–Crippen LogP) is 3.39. The van der Waals surface area contributed by atoms with E-state index in [9.17, 15) is 4.79 Å². The summed E-state index contributed by atoms with van der Waals surface area (Å²) in [7, 11) is 0. The van der Waals surface area contributed by atoms with Gasteiger partial charge >= 0.3 is 0 Å². The molecule has 0 radical (unpaired) electrons. The van der Waals surface area contributed by atoms with Gasteiger partial charge in [-0.1, -0.05) is 18.2 Å². The molecule has 25 heavy (non-hydrogen) atoms. The number of carbonyl (C=O) groups excluding carboxylic acids is 1. The van der Waals surface area contributed by atoms with E-state index >= 15 is 0 Å². The van der Waals surface area contributed by atoms with E-state index in [0.29, 0.717) is 0 Å². The first-order valence-corrected chi connectivity index (χ1v) is 9.88. The standard InChI is InChI=1S/C20H27N3OS/c1-16-5-3-6-18(15-16)23-12-10-22(11-13-23)9-8-17(2)21-20(24)19-7-4-14-25-19/h3-7,14-15,17H,8-13H2,1-2H3,(H,21,24). The molecule has 3 rings (SSSR count). The Bertz CT molecular complexity index is 678. The van der Waals surface area contributed by atoms with Crippen molar-refractivity contribution in [3.05, 3.63) is 52.2 Å². The fraction of sp³-hybridized carbons (Fsp3) is 0.450. The maximum Gasteiger partial charge on any atom is 0.261 e. The summed E-state index contributed by atoms with van der Waals surface area (Å²) in [5.74, 6) is 0.0479. The van der Waals surface area contributed by atoms with Gasteiger partial charge in [0.15, 0.2) is 0 Å². The average Bonchev–Trinajstić information content (AvgIpc) is 3.15. The van der Waals surface area contributed by atoms with Crippen molar-refractivity contribution in [3.8, 4) is 0 Å². The Balaban J connectivity index is 1.39. The van der Waals surface area contributed by atoms with Crippen molar-refractivity contribution in [2.24, 2.45) is 0 Å². The van der Waals surface area contributed by atoms with E-state index < -0.39 is 0 Å². The highest BCUT2D eigenvalue weighted by atomic mass is 32.1. The molecule has 0 aliphatic carbocycles. The van der Waals surface area contributed by atoms with Crippen molar-refractivity contribution in [1.29, 1.82) is 0 Å². The number of piperazine rings is 1. The van der Waals surface area contributed by atoms with Crippen molar-refractivity contribution < 1.29 is 4.79 Å². The molecule has 0 spiro atoms. The third-order valence-electron chi connectivity index (χ3n) is 4.74. The number of aryl methyl sites for hydroxylation is 1. The topological polar surface area (TPSA) is 35.6 Å². The minimum absolute atomic E-state index is 0.0479. The molecule has 134 valence electrons. The zero-order valence-electron chi connectivity index (χ0n) is 15.1. The number of hydrogen-bond donors (Lipinski definition) is 1. The van der Waals surface area contributed by atoms with E-state index in [0.717, 1.165) is 44.0 Å². The quantitative estimate of drug-likeness (QED) is 0.861. The molecule has 2 aromatic rings. The Kier molecular flexibility index (Phi) is 6.10. The molecule has 4 nitrogen and oxygen atoms in total. The van der Waals surface area contributed by atoms with Crippen LogP contribution in [0.3, 0.4) is 0 Å². The fourth-order valence-electron chi connectivity index (χ4n) is 3.21. The van der Waals surface area contributed by atoms with Crippen LogP contribution in [0.15, 0.2) is 41.8 Å². The summed E-state index contributed by atoms with van der Waals surface area (Å²) in [6, 6.07) is 12.7. The SMILES string of the molecule is Cc1cccc(N2CCN(CCC(C)NC(=O)c3cccs3)CC2)c1. The van der Waals surface area contributed by atoms with Gasteiger partial charge in [-0.25, -0.2) is 0 Å². The number of rotatable bonds is 6. The molecule has 1 aliphatic heterocycles. The number of nitrogens with zero attached hydrogens (tertiary/aromatic N) is 2. The van der Waals surface area contributed by atoms with Crippen LogP contribution in [0, 0.1) is 6.92 Å². The van der Waals surface area contributed by atoms with E-state index in [4.69, 9.17) is 0 Å². The molecular weight excluding hydrogens is 330 g/mol. The maximum absolute atomic E-state index is 12.1. The lowest BCUT2D eigenvalue weighted by atomic mass is 10.1. The van der Waals surface area contributed by atoms with E-state index in [-0.39, 0.29) is 11.9 Å². The molecule has 1 atom stereocenters. The van der Waals surface area contributed by atoms with Crippen LogP contribution in [0.2, 0.25) is 0 Å². The second-order valence-electron chi connectivity index (χ2n) is 6.81. The van der Waals surface area contributed by atoms with Crippen LogP contribution in [0.1, 0.15) is 28.6 Å². The van der Waals surface area contributed by atoms with Crippen molar-refractivity contribution in [1.82, 2.24) is 10.2 Å². The zero-order chi connectivity index (χ0) is 17.6. The largest absolute Gasteiger partial charge is 0.369 e. The number of amides is 1. The van der Waals surface area contributed by atoms with Gasteiger partial charge in [-0.05, 0) is 49.4 Å². The lowest BCUT2D eigenvalue weighted by Gasteiger charge is -2.36. The van der Waals surface area contributed by atoms with Crippen LogP contribution >= 0.6 is 11.3 Å². The summed E-state index contributed by atoms with van der Waals surface area (Å²) in [5, 5.41) is 5.03. The summed E-state index contributed by atoms with van der Waals surface area (Å²) < 4.78 is 0. The van der Waals surface area contributed by atoms with Crippen molar-refractivity contribution in [3.63, 3.8) is 0 Å². The van der Waals surface area contributed by atoms with Crippen LogP contribution in [0.5, 0.6) is 0 Å². The smallest absolute Gasteiger partial charge is 0.261 e. The molecule has 1 fully saturated rings. The van der Waals surface area contributed by atoms with Crippen LogP contribution in [-0.4, -0.2) is 49.6 Å². The summed E-state index contributed by atoms with van der Waals surface area (Å²) in [4.78, 5) is 17.8. The molecule has 1 aromatic heterocycles. The van der Waals surface area contributed by atoms with Gasteiger partial charge in [-0.15, -0.1) is 11.3 Å². The van der Waals surface area contributed by atoms with Gasteiger partial charge in [0.25, 0.3) is 5.91 Å². The van der Waals surface area contributed by atoms with Gasteiger partial charge in [-0.2, -0.15) is 0 Å². The van der Waals surface area contributed by atoms with Crippen molar-refractivity contribution >= 4 is 22.9 Å². The summed E-state index contributed by atoms with van der Waals surface area (Å²) in [6.07, 6.45) is 0.988. The number of nitrogens with one attached hydrogen (secondary N) is 1. The molecule has 0 bridgehead atoms. The Morgan fingerprint density at radius 3 is 2.68 bits per heavy atom. The lowest BCUT2D eigenvalue weighted by Crippen LogP contribution is -2.47. The predicted molar refractivity (Wildman–Crippen MR) is 106 cm³/mol. The third kappa shape index (κ3) is 5.06. The fourth-order valence-corrected chi connectivity index (χ4v) is 3.83. The highest BCUT2D eigenvalue weighted by Gasteiger charge is 2.18. The Morgan fingerprint density at radius 1 is 1.20 bits per heavy atom. The Hall–Kier alpha value is -1.85. The van der Waals surface area contributed by atoms with Gasteiger partial charge in [0.2, 0.25) is 0 Å². The van der Waals surface area contributed by atoms with Gasteiger partial charge in [0.05, 0.1) is 4.88 Å². The normalized spacial score (nSPS) is 16.6. The van der Waals surface area contributed by atoms with E-state index in [1.165, 1.54) is 22.6 Å². The van der Waals surface area contributed by atoms with Gasteiger partial charge in [-0.3, -0.25) is 9.69 Å². The molecule has 1 aromatic carbocycles. The monoisotopic (exact) mass is 357 g/mol. The van der Waals surface area contributed by atoms with Crippen LogP contribution < -0.4 is 10.2 Å². The first-order chi connectivity index (χ1) is 12.1. The molecule has 1 saturated heterocycles. The number of anilines is 1.